The first-order chi connectivity index (χ1) is 16.0. The molecular formula is C20H31N6O7P. The molecule has 0 radical (unpaired) electrons. The third-order valence-corrected chi connectivity index (χ3v) is 5.42. The second-order valence-electron chi connectivity index (χ2n) is 8.97. The lowest BCUT2D eigenvalue weighted by Crippen LogP contribution is -2.35. The van der Waals surface area contributed by atoms with Crippen LogP contribution in [0.15, 0.2) is 12.7 Å². The molecule has 0 saturated carbocycles. The molecule has 13 nitrogen and oxygen atoms in total. The van der Waals surface area contributed by atoms with Gasteiger partial charge in [-0.05, 0) is 40.0 Å². The van der Waals surface area contributed by atoms with Crippen molar-refractivity contribution >= 4 is 37.2 Å². The molecule has 1 saturated heterocycles. The minimum absolute atomic E-state index is 0.0385. The van der Waals surface area contributed by atoms with Crippen molar-refractivity contribution in [2.75, 3.05) is 25.5 Å². The summed E-state index contributed by atoms with van der Waals surface area (Å²) in [4.78, 5) is 47.5. The molecule has 14 heteroatoms. The van der Waals surface area contributed by atoms with E-state index in [1.165, 1.54) is 11.2 Å². The number of carbonyl (C=O) groups excluding carboxylic acids is 2. The summed E-state index contributed by atoms with van der Waals surface area (Å²) in [5, 5.41) is 2.75. The number of nitrogens with one attached hydrogen (secondary N) is 1. The number of hydrogen-bond acceptors (Lipinski definition) is 9. The molecule has 0 aromatic carbocycles. The topological polar surface area (TPSA) is 158 Å². The zero-order valence-corrected chi connectivity index (χ0v) is 20.7. The van der Waals surface area contributed by atoms with E-state index in [0.717, 1.165) is 0 Å². The summed E-state index contributed by atoms with van der Waals surface area (Å²) in [6.45, 7) is 5.79. The number of rotatable bonds is 9. The second-order valence-corrected chi connectivity index (χ2v) is 9.79. The Morgan fingerprint density at radius 3 is 2.79 bits per heavy atom. The molecule has 2 aromatic heterocycles. The normalized spacial score (nSPS) is 19.2. The van der Waals surface area contributed by atoms with E-state index in [1.807, 2.05) is 0 Å². The van der Waals surface area contributed by atoms with Crippen LogP contribution in [0.2, 0.25) is 0 Å². The van der Waals surface area contributed by atoms with Crippen molar-refractivity contribution in [1.82, 2.24) is 24.4 Å². The van der Waals surface area contributed by atoms with E-state index in [1.54, 1.807) is 38.7 Å². The minimum atomic E-state index is -3.00. The summed E-state index contributed by atoms with van der Waals surface area (Å²) in [6.07, 6.45) is 3.74. The van der Waals surface area contributed by atoms with E-state index < -0.39 is 19.9 Å². The van der Waals surface area contributed by atoms with E-state index in [9.17, 15) is 14.2 Å². The van der Waals surface area contributed by atoms with Crippen molar-refractivity contribution in [1.29, 1.82) is 0 Å². The van der Waals surface area contributed by atoms with Crippen LogP contribution in [0.5, 0.6) is 0 Å². The molecule has 1 aliphatic heterocycles. The van der Waals surface area contributed by atoms with Crippen LogP contribution in [0, 0.1) is 0 Å². The molecule has 3 heterocycles. The Bertz CT molecular complexity index is 1040. The van der Waals surface area contributed by atoms with Crippen LogP contribution in [0.3, 0.4) is 0 Å². The highest BCUT2D eigenvalue weighted by atomic mass is 31.1. The Hall–Kier alpha value is -2.60. The third kappa shape index (κ3) is 7.20. The number of amides is 2. The number of fused-ring (bicyclic) bond motifs is 1. The van der Waals surface area contributed by atoms with Gasteiger partial charge in [-0.2, -0.15) is 0 Å². The Balaban J connectivity index is 1.55. The molecule has 1 aliphatic rings. The first-order valence-electron chi connectivity index (χ1n) is 11.0. The van der Waals surface area contributed by atoms with Crippen molar-refractivity contribution in [3.05, 3.63) is 12.7 Å². The number of anilines is 1. The number of hydrogen-bond donors (Lipinski definition) is 2. The van der Waals surface area contributed by atoms with Gasteiger partial charge in [0.2, 0.25) is 5.91 Å². The lowest BCUT2D eigenvalue weighted by Gasteiger charge is -2.24. The number of imidazole rings is 1. The summed E-state index contributed by atoms with van der Waals surface area (Å²) < 4.78 is 28.5. The summed E-state index contributed by atoms with van der Waals surface area (Å²) in [5.41, 5.74) is 0.339. The Morgan fingerprint density at radius 2 is 2.09 bits per heavy atom. The highest BCUT2D eigenvalue weighted by Gasteiger charge is 2.29. The van der Waals surface area contributed by atoms with Gasteiger partial charge in [-0.3, -0.25) is 13.9 Å². The molecule has 0 spiro atoms. The molecule has 0 aliphatic carbocycles. The second kappa shape index (κ2) is 11.2. The van der Waals surface area contributed by atoms with Crippen LogP contribution in [-0.4, -0.2) is 73.2 Å². The highest BCUT2D eigenvalue weighted by molar-refractivity contribution is 7.32. The molecule has 0 bridgehead atoms. The van der Waals surface area contributed by atoms with Crippen LogP contribution in [0.4, 0.5) is 10.6 Å². The summed E-state index contributed by atoms with van der Waals surface area (Å²) >= 11 is 0. The van der Waals surface area contributed by atoms with Gasteiger partial charge in [0.1, 0.15) is 18.2 Å². The maximum absolute atomic E-state index is 12.4. The van der Waals surface area contributed by atoms with Gasteiger partial charge in [-0.1, -0.05) is 0 Å². The highest BCUT2D eigenvalue weighted by Crippen LogP contribution is 2.32. The zero-order chi connectivity index (χ0) is 24.9. The number of ether oxygens (including phenoxy) is 2. The van der Waals surface area contributed by atoms with Crippen LogP contribution >= 0.6 is 8.25 Å². The van der Waals surface area contributed by atoms with E-state index in [4.69, 9.17) is 18.9 Å². The minimum Gasteiger partial charge on any atom is -0.444 e. The molecule has 188 valence electrons. The van der Waals surface area contributed by atoms with E-state index in [2.05, 4.69) is 20.3 Å². The van der Waals surface area contributed by atoms with Gasteiger partial charge in [0, 0.05) is 20.0 Å². The Morgan fingerprint density at radius 1 is 1.32 bits per heavy atom. The fourth-order valence-electron chi connectivity index (χ4n) is 3.43. The lowest BCUT2D eigenvalue weighted by molar-refractivity contribution is -0.116. The zero-order valence-electron chi connectivity index (χ0n) is 19.7. The number of nitrogens with zero attached hydrogens (tertiary/aromatic N) is 5. The fraction of sp³-hybridized carbons (Fsp3) is 0.650. The van der Waals surface area contributed by atoms with Crippen LogP contribution in [0.25, 0.3) is 11.2 Å². The van der Waals surface area contributed by atoms with Gasteiger partial charge in [0.05, 0.1) is 19.0 Å². The Kier molecular flexibility index (Phi) is 8.58. The standard InChI is InChI=1S/C20H31N6O7P/c1-20(2,3)33-19(28)25(4)9-5-6-14(27)24-17-16-18(22-11-21-17)26(12-23-16)15-8-7-13(32-15)10-31-34(29)30/h11-13,15,34H,5-10H2,1-4H3,(H,29,30)(H,21,22,24,27)/t13-,15+/m0/s1. The summed E-state index contributed by atoms with van der Waals surface area (Å²) in [7, 11) is -1.38. The van der Waals surface area contributed by atoms with Gasteiger partial charge < -0.3 is 29.1 Å². The van der Waals surface area contributed by atoms with Crippen molar-refractivity contribution in [2.45, 2.75) is 64.4 Å². The van der Waals surface area contributed by atoms with E-state index in [0.29, 0.717) is 37.0 Å². The molecule has 1 unspecified atom stereocenters. The van der Waals surface area contributed by atoms with Crippen molar-refractivity contribution < 1.29 is 33.0 Å². The maximum atomic E-state index is 12.4. The van der Waals surface area contributed by atoms with Gasteiger partial charge in [-0.15, -0.1) is 0 Å². The maximum Gasteiger partial charge on any atom is 0.410 e. The van der Waals surface area contributed by atoms with Crippen molar-refractivity contribution in [3.8, 4) is 0 Å². The first-order valence-corrected chi connectivity index (χ1v) is 12.2. The molecule has 3 atom stereocenters. The van der Waals surface area contributed by atoms with E-state index >= 15 is 0 Å². The quantitative estimate of drug-likeness (QED) is 0.492. The van der Waals surface area contributed by atoms with Crippen molar-refractivity contribution in [3.63, 3.8) is 0 Å². The predicted octanol–water partition coefficient (Wildman–Crippen LogP) is 2.49. The molecule has 34 heavy (non-hydrogen) atoms. The molecule has 1 fully saturated rings. The number of carbonyl (C=O) groups is 2. The lowest BCUT2D eigenvalue weighted by atomic mass is 10.2. The molecular weight excluding hydrogens is 467 g/mol. The smallest absolute Gasteiger partial charge is 0.410 e. The van der Waals surface area contributed by atoms with Crippen LogP contribution < -0.4 is 5.32 Å². The van der Waals surface area contributed by atoms with Crippen molar-refractivity contribution in [2.24, 2.45) is 0 Å². The molecule has 2 N–H and O–H groups in total. The predicted molar refractivity (Wildman–Crippen MR) is 122 cm³/mol. The average molecular weight is 498 g/mol. The summed E-state index contributed by atoms with van der Waals surface area (Å²) in [6, 6.07) is 0. The van der Waals surface area contributed by atoms with Gasteiger partial charge >= 0.3 is 14.3 Å². The first kappa shape index (κ1) is 26.0. The van der Waals surface area contributed by atoms with Gasteiger partial charge in [-0.25, -0.2) is 19.7 Å². The number of aromatic nitrogens is 4. The molecule has 2 aromatic rings. The summed E-state index contributed by atoms with van der Waals surface area (Å²) in [5.74, 6) is 0.0201. The average Bonchev–Trinajstić information content (AvgIpc) is 3.38. The van der Waals surface area contributed by atoms with Crippen LogP contribution in [-0.2, 0) is 23.4 Å². The van der Waals surface area contributed by atoms with E-state index in [-0.39, 0.29) is 37.1 Å². The fourth-order valence-corrected chi connectivity index (χ4v) is 3.76. The molecule has 2 amide bonds. The van der Waals surface area contributed by atoms with Gasteiger partial charge in [0.25, 0.3) is 0 Å². The SMILES string of the molecule is CN(CCCC(=O)Nc1ncnc2c1ncn2[C@H]1CC[C@@H](CO[PH](=O)O)O1)C(=O)OC(C)(C)C. The Labute approximate surface area is 197 Å². The monoisotopic (exact) mass is 498 g/mol. The van der Waals surface area contributed by atoms with Gasteiger partial charge in [0.15, 0.2) is 17.0 Å². The van der Waals surface area contributed by atoms with Crippen LogP contribution in [0.1, 0.15) is 52.7 Å². The molecule has 3 rings (SSSR count). The largest absolute Gasteiger partial charge is 0.444 e. The third-order valence-electron chi connectivity index (χ3n) is 5.01.